The molecular weight excluding hydrogens is 425 g/mol. The van der Waals surface area contributed by atoms with Gasteiger partial charge in [0.1, 0.15) is 23.6 Å². The molecular formula is C18H13F2IN2O. The lowest BCUT2D eigenvalue weighted by molar-refractivity contribution is -0.0339. The summed E-state index contributed by atoms with van der Waals surface area (Å²) in [6, 6.07) is 7.42. The summed E-state index contributed by atoms with van der Waals surface area (Å²) >= 11 is 1.98. The molecule has 4 rings (SSSR count). The highest BCUT2D eigenvalue weighted by atomic mass is 127. The summed E-state index contributed by atoms with van der Waals surface area (Å²) in [4.78, 5) is 0. The van der Waals surface area contributed by atoms with Gasteiger partial charge in [0.15, 0.2) is 5.83 Å². The molecule has 0 aromatic heterocycles. The minimum atomic E-state index is -1.66. The average Bonchev–Trinajstić information content (AvgIpc) is 2.59. The Kier molecular flexibility index (Phi) is 4.23. The van der Waals surface area contributed by atoms with Crippen molar-refractivity contribution in [1.29, 1.82) is 10.5 Å². The number of rotatable bonds is 2. The van der Waals surface area contributed by atoms with Crippen LogP contribution in [0.25, 0.3) is 6.08 Å². The highest BCUT2D eigenvalue weighted by Crippen LogP contribution is 2.57. The Morgan fingerprint density at radius 2 is 1.67 bits per heavy atom. The zero-order chi connectivity index (χ0) is 17.5. The maximum atomic E-state index is 14.4. The molecule has 0 unspecified atom stereocenters. The quantitative estimate of drug-likeness (QED) is 0.692. The van der Waals surface area contributed by atoms with Crippen LogP contribution in [0.1, 0.15) is 42.4 Å². The SMILES string of the molecule is N#Cc1c(I)ccc(/C=C/C23CCC(O)(CC2)C(F)=C3F)c1C#N. The van der Waals surface area contributed by atoms with Gasteiger partial charge >= 0.3 is 0 Å². The van der Waals surface area contributed by atoms with Crippen LogP contribution in [0.15, 0.2) is 29.9 Å². The zero-order valence-electron chi connectivity index (χ0n) is 12.6. The van der Waals surface area contributed by atoms with E-state index < -0.39 is 22.7 Å². The van der Waals surface area contributed by atoms with Crippen LogP contribution in [0.5, 0.6) is 0 Å². The molecule has 3 nitrogen and oxygen atoms in total. The van der Waals surface area contributed by atoms with Crippen molar-refractivity contribution < 1.29 is 13.9 Å². The van der Waals surface area contributed by atoms with Crippen molar-refractivity contribution in [2.45, 2.75) is 31.3 Å². The maximum Gasteiger partial charge on any atom is 0.164 e. The molecule has 122 valence electrons. The third kappa shape index (κ3) is 2.45. The topological polar surface area (TPSA) is 67.8 Å². The van der Waals surface area contributed by atoms with Crippen molar-refractivity contribution in [3.05, 3.63) is 50.1 Å². The molecule has 2 bridgehead atoms. The van der Waals surface area contributed by atoms with Crippen LogP contribution >= 0.6 is 22.6 Å². The molecule has 0 heterocycles. The smallest absolute Gasteiger partial charge is 0.164 e. The van der Waals surface area contributed by atoms with E-state index in [0.29, 0.717) is 22.0 Å². The molecule has 0 amide bonds. The Morgan fingerprint density at radius 1 is 1.04 bits per heavy atom. The predicted molar refractivity (Wildman–Crippen MR) is 92.7 cm³/mol. The Bertz CT molecular complexity index is 853. The minimum absolute atomic E-state index is 0.178. The van der Waals surface area contributed by atoms with Crippen LogP contribution in [-0.2, 0) is 0 Å². The molecule has 0 saturated heterocycles. The van der Waals surface area contributed by atoms with Crippen LogP contribution in [0.4, 0.5) is 8.78 Å². The van der Waals surface area contributed by atoms with Gasteiger partial charge in [-0.25, -0.2) is 8.78 Å². The number of benzene rings is 1. The first-order valence-electron chi connectivity index (χ1n) is 7.47. The Labute approximate surface area is 152 Å². The fourth-order valence-corrected chi connectivity index (χ4v) is 3.99. The van der Waals surface area contributed by atoms with Crippen LogP contribution in [0, 0.1) is 31.6 Å². The second-order valence-electron chi connectivity index (χ2n) is 6.26. The highest BCUT2D eigenvalue weighted by molar-refractivity contribution is 14.1. The van der Waals surface area contributed by atoms with Crippen LogP contribution in [-0.4, -0.2) is 10.7 Å². The Balaban J connectivity index is 2.05. The summed E-state index contributed by atoms with van der Waals surface area (Å²) < 4.78 is 29.2. The second-order valence-corrected chi connectivity index (χ2v) is 7.42. The number of aliphatic hydroxyl groups is 1. The minimum Gasteiger partial charge on any atom is -0.383 e. The molecule has 1 aromatic rings. The number of nitrogens with zero attached hydrogens (tertiary/aromatic N) is 2. The van der Waals surface area contributed by atoms with Crippen LogP contribution in [0.2, 0.25) is 0 Å². The number of nitriles is 2. The van der Waals surface area contributed by atoms with Crippen molar-refractivity contribution in [2.75, 3.05) is 0 Å². The van der Waals surface area contributed by atoms with E-state index in [2.05, 4.69) is 0 Å². The van der Waals surface area contributed by atoms with Crippen molar-refractivity contribution in [2.24, 2.45) is 5.41 Å². The maximum absolute atomic E-state index is 14.4. The Morgan fingerprint density at radius 3 is 2.25 bits per heavy atom. The van der Waals surface area contributed by atoms with E-state index in [-0.39, 0.29) is 24.0 Å². The van der Waals surface area contributed by atoms with E-state index >= 15 is 0 Å². The van der Waals surface area contributed by atoms with E-state index in [0.717, 1.165) is 0 Å². The molecule has 0 spiro atoms. The van der Waals surface area contributed by atoms with Crippen LogP contribution < -0.4 is 0 Å². The number of hydrogen-bond donors (Lipinski definition) is 1. The zero-order valence-corrected chi connectivity index (χ0v) is 14.8. The molecule has 3 aliphatic rings. The lowest BCUT2D eigenvalue weighted by Crippen LogP contribution is -2.45. The number of allylic oxidation sites excluding steroid dienone is 2. The average molecular weight is 438 g/mol. The lowest BCUT2D eigenvalue weighted by atomic mass is 9.61. The first-order valence-corrected chi connectivity index (χ1v) is 8.55. The number of halogens is 3. The summed E-state index contributed by atoms with van der Waals surface area (Å²) in [5.74, 6) is -1.98. The summed E-state index contributed by atoms with van der Waals surface area (Å²) in [6.45, 7) is 0. The fraction of sp³-hybridized carbons (Fsp3) is 0.333. The van der Waals surface area contributed by atoms with Gasteiger partial charge in [-0.3, -0.25) is 0 Å². The normalized spacial score (nSPS) is 28.9. The fourth-order valence-electron chi connectivity index (χ4n) is 3.42. The molecule has 1 aromatic carbocycles. The van der Waals surface area contributed by atoms with Crippen molar-refractivity contribution in [3.8, 4) is 12.1 Å². The number of fused-ring (bicyclic) bond motifs is 2. The van der Waals surface area contributed by atoms with Gasteiger partial charge in [-0.1, -0.05) is 18.2 Å². The molecule has 1 saturated carbocycles. The summed E-state index contributed by atoms with van der Waals surface area (Å²) in [7, 11) is 0. The van der Waals surface area contributed by atoms with E-state index in [9.17, 15) is 24.4 Å². The molecule has 1 N–H and O–H groups in total. The summed E-state index contributed by atoms with van der Waals surface area (Å²) in [5, 5.41) is 28.6. The molecule has 0 atom stereocenters. The van der Waals surface area contributed by atoms with Crippen molar-refractivity contribution in [3.63, 3.8) is 0 Å². The summed E-state index contributed by atoms with van der Waals surface area (Å²) in [5.41, 5.74) is -1.72. The molecule has 3 aliphatic carbocycles. The monoisotopic (exact) mass is 438 g/mol. The predicted octanol–water partition coefficient (Wildman–Crippen LogP) is 4.50. The standard InChI is InChI=1S/C18H13F2IN2O/c19-15-16(20)18(24)7-5-17(15,6-8-18)4-3-11-1-2-14(21)13(10-23)12(11)9-22/h1-4,24H,5-8H2/b4-3+. The van der Waals surface area contributed by atoms with Gasteiger partial charge in [-0.15, -0.1) is 0 Å². The van der Waals surface area contributed by atoms with Gasteiger partial charge < -0.3 is 5.11 Å². The molecule has 0 aliphatic heterocycles. The second kappa shape index (κ2) is 5.94. The van der Waals surface area contributed by atoms with Gasteiger partial charge in [0.2, 0.25) is 0 Å². The largest absolute Gasteiger partial charge is 0.383 e. The highest BCUT2D eigenvalue weighted by Gasteiger charge is 2.53. The van der Waals surface area contributed by atoms with Crippen LogP contribution in [0.3, 0.4) is 0 Å². The molecule has 1 fully saturated rings. The van der Waals surface area contributed by atoms with Gasteiger partial charge in [-0.2, -0.15) is 10.5 Å². The molecule has 0 radical (unpaired) electrons. The van der Waals surface area contributed by atoms with Crippen molar-refractivity contribution in [1.82, 2.24) is 0 Å². The summed E-state index contributed by atoms with van der Waals surface area (Å²) in [6.07, 6.45) is 4.14. The van der Waals surface area contributed by atoms with Gasteiger partial charge in [0.25, 0.3) is 0 Å². The van der Waals surface area contributed by atoms with Gasteiger partial charge in [0, 0.05) is 8.99 Å². The van der Waals surface area contributed by atoms with E-state index in [1.807, 2.05) is 34.7 Å². The Hall–Kier alpha value is -1.77. The molecule has 24 heavy (non-hydrogen) atoms. The first kappa shape index (κ1) is 17.1. The van der Waals surface area contributed by atoms with Gasteiger partial charge in [-0.05, 0) is 59.9 Å². The van der Waals surface area contributed by atoms with E-state index in [1.54, 1.807) is 24.3 Å². The van der Waals surface area contributed by atoms with Gasteiger partial charge in [0.05, 0.1) is 11.1 Å². The van der Waals surface area contributed by atoms with E-state index in [4.69, 9.17) is 0 Å². The molecule has 6 heteroatoms. The first-order chi connectivity index (χ1) is 11.4. The third-order valence-corrected chi connectivity index (χ3v) is 5.90. The number of hydrogen-bond acceptors (Lipinski definition) is 3. The van der Waals surface area contributed by atoms with E-state index in [1.165, 1.54) is 0 Å². The van der Waals surface area contributed by atoms with Crippen molar-refractivity contribution >= 4 is 28.7 Å². The lowest BCUT2D eigenvalue weighted by Gasteiger charge is -2.46. The third-order valence-electron chi connectivity index (χ3n) is 5.00.